The molecule has 1 unspecified atom stereocenters. The summed E-state index contributed by atoms with van der Waals surface area (Å²) in [5, 5.41) is 25.2. The molecular weight excluding hydrogens is 310 g/mol. The van der Waals surface area contributed by atoms with E-state index < -0.39 is 0 Å². The fourth-order valence-corrected chi connectivity index (χ4v) is 4.62. The number of non-ortho nitro benzene ring substituents is 1. The number of aromatic nitrogens is 3. The summed E-state index contributed by atoms with van der Waals surface area (Å²) in [4.78, 5) is 10.4. The molecule has 0 aliphatic carbocycles. The van der Waals surface area contributed by atoms with Gasteiger partial charge in [-0.25, -0.2) is 4.68 Å². The zero-order valence-corrected chi connectivity index (χ0v) is 12.5. The summed E-state index contributed by atoms with van der Waals surface area (Å²) in [7, 11) is 0. The van der Waals surface area contributed by atoms with Crippen molar-refractivity contribution in [1.82, 2.24) is 14.9 Å². The minimum Gasteiger partial charge on any atom is -0.258 e. The molecule has 0 fully saturated rings. The first kappa shape index (κ1) is 12.7. The van der Waals surface area contributed by atoms with Crippen LogP contribution in [-0.2, 0) is 0 Å². The molecule has 0 saturated carbocycles. The van der Waals surface area contributed by atoms with E-state index in [9.17, 15) is 10.1 Å². The summed E-state index contributed by atoms with van der Waals surface area (Å²) in [6, 6.07) is 6.68. The van der Waals surface area contributed by atoms with E-state index in [4.69, 9.17) is 0 Å². The van der Waals surface area contributed by atoms with Crippen molar-refractivity contribution in [1.29, 1.82) is 0 Å². The van der Waals surface area contributed by atoms with Crippen LogP contribution in [0, 0.1) is 17.0 Å². The first-order valence-corrected chi connectivity index (χ1v) is 7.90. The van der Waals surface area contributed by atoms with Crippen molar-refractivity contribution in [2.24, 2.45) is 0 Å². The van der Waals surface area contributed by atoms with Crippen molar-refractivity contribution in [3.05, 3.63) is 56.2 Å². The molecule has 9 heteroatoms. The first-order valence-electron chi connectivity index (χ1n) is 6.14. The molecule has 0 spiro atoms. The van der Waals surface area contributed by atoms with E-state index in [1.54, 1.807) is 35.7 Å². The molecule has 0 bridgehead atoms. The minimum atomic E-state index is -0.386. The van der Waals surface area contributed by atoms with Crippen LogP contribution >= 0.6 is 23.5 Å². The van der Waals surface area contributed by atoms with Gasteiger partial charge in [0.25, 0.3) is 5.69 Å². The van der Waals surface area contributed by atoms with Gasteiger partial charge in [0.05, 0.1) is 4.92 Å². The number of benzene rings is 1. The van der Waals surface area contributed by atoms with Gasteiger partial charge in [0, 0.05) is 17.5 Å². The Labute approximate surface area is 128 Å². The molecule has 0 amide bonds. The fourth-order valence-electron chi connectivity index (χ4n) is 2.35. The van der Waals surface area contributed by atoms with Gasteiger partial charge in [0.1, 0.15) is 10.4 Å². The monoisotopic (exact) mass is 319 g/mol. The highest BCUT2D eigenvalue weighted by Crippen LogP contribution is 2.51. The molecule has 21 heavy (non-hydrogen) atoms. The number of nitrogens with zero attached hydrogens (tertiary/aromatic N) is 5. The second kappa shape index (κ2) is 4.50. The highest BCUT2D eigenvalue weighted by Gasteiger charge is 2.38. The van der Waals surface area contributed by atoms with Gasteiger partial charge >= 0.3 is 0 Å². The summed E-state index contributed by atoms with van der Waals surface area (Å²) < 4.78 is 1.99. The molecule has 1 aromatic heterocycles. The molecule has 0 N–H and O–H groups in total. The minimum absolute atomic E-state index is 0.0456. The predicted octanol–water partition coefficient (Wildman–Crippen LogP) is 2.78. The lowest BCUT2D eigenvalue weighted by atomic mass is 10.2. The second-order valence-electron chi connectivity index (χ2n) is 4.58. The third-order valence-corrected chi connectivity index (χ3v) is 5.50. The molecule has 3 heterocycles. The third kappa shape index (κ3) is 1.84. The van der Waals surface area contributed by atoms with Crippen LogP contribution < -0.4 is 5.01 Å². The van der Waals surface area contributed by atoms with E-state index in [0.717, 1.165) is 21.6 Å². The molecule has 106 valence electrons. The van der Waals surface area contributed by atoms with Gasteiger partial charge in [-0.2, -0.15) is 0 Å². The molecule has 1 aromatic carbocycles. The van der Waals surface area contributed by atoms with Gasteiger partial charge in [0.2, 0.25) is 5.16 Å². The Morgan fingerprint density at radius 1 is 1.29 bits per heavy atom. The summed E-state index contributed by atoms with van der Waals surface area (Å²) >= 11 is 3.26. The lowest BCUT2D eigenvalue weighted by Gasteiger charge is -2.25. The lowest BCUT2D eigenvalue weighted by molar-refractivity contribution is -0.384. The van der Waals surface area contributed by atoms with Crippen LogP contribution in [0.25, 0.3) is 0 Å². The Bertz CT molecular complexity index is 770. The largest absolute Gasteiger partial charge is 0.269 e. The van der Waals surface area contributed by atoms with Gasteiger partial charge < -0.3 is 0 Å². The molecule has 2 aliphatic rings. The van der Waals surface area contributed by atoms with E-state index in [0.29, 0.717) is 0 Å². The average molecular weight is 319 g/mol. The lowest BCUT2D eigenvalue weighted by Crippen LogP contribution is -2.30. The number of nitro benzene ring substituents is 1. The Kier molecular flexibility index (Phi) is 2.73. The van der Waals surface area contributed by atoms with E-state index >= 15 is 0 Å². The molecule has 2 aromatic rings. The second-order valence-corrected chi connectivity index (χ2v) is 6.52. The number of thioether (sulfide) groups is 2. The summed E-state index contributed by atoms with van der Waals surface area (Å²) in [6.45, 7) is 1.91. The number of fused-ring (bicyclic) bond motifs is 3. The standard InChI is InChI=1S/C12H9N5O2S2/c1-7-13-14-12-15(7)16-10(21-12)6-20-11(16)8-2-4-9(5-3-8)17(18)19/h2-6,11H,1H3. The number of rotatable bonds is 2. The van der Waals surface area contributed by atoms with Crippen molar-refractivity contribution >= 4 is 29.2 Å². The third-order valence-electron chi connectivity index (χ3n) is 3.31. The normalized spacial score (nSPS) is 19.4. The van der Waals surface area contributed by atoms with Crippen molar-refractivity contribution < 1.29 is 4.92 Å². The number of hydrogen-bond acceptors (Lipinski definition) is 7. The molecule has 4 rings (SSSR count). The van der Waals surface area contributed by atoms with Crippen LogP contribution in [0.4, 0.5) is 5.69 Å². The van der Waals surface area contributed by atoms with Gasteiger partial charge in [0.15, 0.2) is 5.82 Å². The van der Waals surface area contributed by atoms with Crippen molar-refractivity contribution in [3.63, 3.8) is 0 Å². The summed E-state index contributed by atoms with van der Waals surface area (Å²) in [5.74, 6) is 0.829. The van der Waals surface area contributed by atoms with Crippen molar-refractivity contribution in [3.8, 4) is 0 Å². The van der Waals surface area contributed by atoms with E-state index in [2.05, 4.69) is 20.6 Å². The summed E-state index contributed by atoms with van der Waals surface area (Å²) in [5.41, 5.74) is 1.12. The van der Waals surface area contributed by atoms with Crippen LogP contribution in [0.1, 0.15) is 16.8 Å². The molecule has 0 saturated heterocycles. The molecule has 2 aliphatic heterocycles. The van der Waals surface area contributed by atoms with E-state index in [1.165, 1.54) is 12.1 Å². The van der Waals surface area contributed by atoms with Crippen LogP contribution in [-0.4, -0.2) is 19.8 Å². The van der Waals surface area contributed by atoms with Crippen molar-refractivity contribution in [2.45, 2.75) is 17.5 Å². The van der Waals surface area contributed by atoms with Crippen LogP contribution in [0.2, 0.25) is 0 Å². The van der Waals surface area contributed by atoms with E-state index in [1.807, 2.05) is 11.6 Å². The van der Waals surface area contributed by atoms with Crippen LogP contribution in [0.5, 0.6) is 0 Å². The highest BCUT2D eigenvalue weighted by atomic mass is 32.2. The first-order chi connectivity index (χ1) is 10.1. The number of nitro groups is 1. The molecular formula is C12H9N5O2S2. The molecule has 1 atom stereocenters. The molecule has 0 radical (unpaired) electrons. The topological polar surface area (TPSA) is 77.1 Å². The Balaban J connectivity index is 1.71. The maximum Gasteiger partial charge on any atom is 0.269 e. The van der Waals surface area contributed by atoms with Gasteiger partial charge in [-0.1, -0.05) is 11.8 Å². The maximum absolute atomic E-state index is 10.7. The summed E-state index contributed by atoms with van der Waals surface area (Å²) in [6.07, 6.45) is 0. The number of hydrogen-bond donors (Lipinski definition) is 0. The Hall–Kier alpha value is -2.00. The van der Waals surface area contributed by atoms with Crippen LogP contribution in [0.15, 0.2) is 39.9 Å². The smallest absolute Gasteiger partial charge is 0.258 e. The zero-order valence-electron chi connectivity index (χ0n) is 10.8. The highest BCUT2D eigenvalue weighted by molar-refractivity contribution is 8.07. The Morgan fingerprint density at radius 3 is 2.76 bits per heavy atom. The predicted molar refractivity (Wildman–Crippen MR) is 80.3 cm³/mol. The quantitative estimate of drug-likeness (QED) is 0.622. The van der Waals surface area contributed by atoms with Crippen molar-refractivity contribution in [2.75, 3.05) is 5.01 Å². The zero-order chi connectivity index (χ0) is 14.6. The number of aryl methyl sites for hydroxylation is 1. The molecule has 7 nitrogen and oxygen atoms in total. The fraction of sp³-hybridized carbons (Fsp3) is 0.167. The van der Waals surface area contributed by atoms with Gasteiger partial charge in [-0.3, -0.25) is 15.1 Å². The van der Waals surface area contributed by atoms with E-state index in [-0.39, 0.29) is 16.0 Å². The van der Waals surface area contributed by atoms with Gasteiger partial charge in [-0.05, 0) is 36.4 Å². The van der Waals surface area contributed by atoms with Gasteiger partial charge in [-0.15, -0.1) is 10.2 Å². The van der Waals surface area contributed by atoms with Crippen LogP contribution in [0.3, 0.4) is 0 Å². The average Bonchev–Trinajstić information content (AvgIpc) is 3.11. The Morgan fingerprint density at radius 2 is 2.05 bits per heavy atom. The maximum atomic E-state index is 10.7. The SMILES string of the molecule is Cc1nnc2n1N1C(=CSC1c1ccc([N+](=O)[O-])cc1)S2.